The maximum atomic E-state index is 13.2. The van der Waals surface area contributed by atoms with Crippen molar-refractivity contribution in [2.75, 3.05) is 25.1 Å². The van der Waals surface area contributed by atoms with Gasteiger partial charge in [0.15, 0.2) is 0 Å². The molecule has 0 bridgehead atoms. The first kappa shape index (κ1) is 14.9. The molecule has 1 aromatic carbocycles. The zero-order valence-corrected chi connectivity index (χ0v) is 11.6. The van der Waals surface area contributed by atoms with E-state index in [-0.39, 0.29) is 18.5 Å². The fourth-order valence-corrected chi connectivity index (χ4v) is 2.17. The van der Waals surface area contributed by atoms with E-state index < -0.39 is 5.54 Å². The number of aliphatic hydroxyl groups excluding tert-OH is 1. The molecule has 0 saturated heterocycles. The summed E-state index contributed by atoms with van der Waals surface area (Å²) >= 11 is 0. The number of hydrogen-bond acceptors (Lipinski definition) is 3. The molecule has 0 aromatic heterocycles. The van der Waals surface area contributed by atoms with Gasteiger partial charge in [-0.25, -0.2) is 4.39 Å². The Bertz CT molecular complexity index is 384. The SMILES string of the molecule is CC(C)NC(C)(CO)CN(C)c1cccc(F)c1. The molecule has 0 heterocycles. The van der Waals surface area contributed by atoms with Gasteiger partial charge in [0.1, 0.15) is 5.82 Å². The minimum absolute atomic E-state index is 0.0326. The second kappa shape index (κ2) is 6.16. The van der Waals surface area contributed by atoms with Gasteiger partial charge in [0.2, 0.25) is 0 Å². The van der Waals surface area contributed by atoms with Crippen molar-refractivity contribution in [3.8, 4) is 0 Å². The van der Waals surface area contributed by atoms with E-state index >= 15 is 0 Å². The average Bonchev–Trinajstić information content (AvgIpc) is 2.27. The minimum Gasteiger partial charge on any atom is -0.394 e. The molecule has 2 N–H and O–H groups in total. The van der Waals surface area contributed by atoms with E-state index in [4.69, 9.17) is 0 Å². The van der Waals surface area contributed by atoms with Gasteiger partial charge in [0, 0.05) is 25.3 Å². The van der Waals surface area contributed by atoms with Crippen molar-refractivity contribution in [1.29, 1.82) is 0 Å². The van der Waals surface area contributed by atoms with Crippen LogP contribution in [-0.2, 0) is 0 Å². The number of nitrogens with zero attached hydrogens (tertiary/aromatic N) is 1. The summed E-state index contributed by atoms with van der Waals surface area (Å²) in [6.45, 7) is 6.67. The molecule has 4 heteroatoms. The third kappa shape index (κ3) is 4.27. The fourth-order valence-electron chi connectivity index (χ4n) is 2.17. The van der Waals surface area contributed by atoms with Gasteiger partial charge in [-0.2, -0.15) is 0 Å². The number of benzene rings is 1. The minimum atomic E-state index is -0.408. The lowest BCUT2D eigenvalue weighted by molar-refractivity contribution is 0.170. The van der Waals surface area contributed by atoms with Crippen LogP contribution in [0, 0.1) is 5.82 Å². The molecular formula is C14H23FN2O. The third-order valence-corrected chi connectivity index (χ3v) is 2.82. The molecule has 0 spiro atoms. The Morgan fingerprint density at radius 3 is 2.61 bits per heavy atom. The standard InChI is InChI=1S/C14H23FN2O/c1-11(2)16-14(3,10-18)9-17(4)13-7-5-6-12(15)8-13/h5-8,11,16,18H,9-10H2,1-4H3. The monoisotopic (exact) mass is 254 g/mol. The normalized spacial score (nSPS) is 14.6. The Kier molecular flexibility index (Phi) is 5.11. The number of nitrogens with one attached hydrogen (secondary N) is 1. The molecule has 0 radical (unpaired) electrons. The Morgan fingerprint density at radius 2 is 2.11 bits per heavy atom. The lowest BCUT2D eigenvalue weighted by Gasteiger charge is -2.36. The third-order valence-electron chi connectivity index (χ3n) is 2.82. The van der Waals surface area contributed by atoms with Gasteiger partial charge < -0.3 is 15.3 Å². The van der Waals surface area contributed by atoms with Crippen LogP contribution in [0.15, 0.2) is 24.3 Å². The maximum absolute atomic E-state index is 13.2. The highest BCUT2D eigenvalue weighted by Gasteiger charge is 2.25. The molecule has 0 aliphatic heterocycles. The average molecular weight is 254 g/mol. The second-order valence-corrected chi connectivity index (χ2v) is 5.35. The molecule has 0 aliphatic rings. The van der Waals surface area contributed by atoms with Crippen molar-refractivity contribution in [2.24, 2.45) is 0 Å². The number of likely N-dealkylation sites (N-methyl/N-ethyl adjacent to an activating group) is 1. The summed E-state index contributed by atoms with van der Waals surface area (Å²) < 4.78 is 13.2. The van der Waals surface area contributed by atoms with E-state index in [9.17, 15) is 9.50 Å². The van der Waals surface area contributed by atoms with Crippen molar-refractivity contribution in [2.45, 2.75) is 32.4 Å². The topological polar surface area (TPSA) is 35.5 Å². The number of rotatable bonds is 6. The summed E-state index contributed by atoms with van der Waals surface area (Å²) in [7, 11) is 1.89. The van der Waals surface area contributed by atoms with E-state index in [1.807, 2.05) is 38.8 Å². The zero-order chi connectivity index (χ0) is 13.8. The summed E-state index contributed by atoms with van der Waals surface area (Å²) in [5, 5.41) is 12.9. The van der Waals surface area contributed by atoms with Gasteiger partial charge in [-0.05, 0) is 25.1 Å². The van der Waals surface area contributed by atoms with E-state index in [1.165, 1.54) is 12.1 Å². The molecule has 0 saturated carbocycles. The zero-order valence-electron chi connectivity index (χ0n) is 11.6. The van der Waals surface area contributed by atoms with E-state index in [0.717, 1.165) is 5.69 Å². The summed E-state index contributed by atoms with van der Waals surface area (Å²) in [5.41, 5.74) is 0.398. The summed E-state index contributed by atoms with van der Waals surface area (Å²) in [6.07, 6.45) is 0. The summed E-state index contributed by atoms with van der Waals surface area (Å²) in [5.74, 6) is -0.248. The predicted octanol–water partition coefficient (Wildman–Crippen LogP) is 2.01. The van der Waals surface area contributed by atoms with Gasteiger partial charge in [0.05, 0.1) is 12.1 Å². The quantitative estimate of drug-likeness (QED) is 0.815. The fraction of sp³-hybridized carbons (Fsp3) is 0.571. The Balaban J connectivity index is 2.75. The highest BCUT2D eigenvalue weighted by atomic mass is 19.1. The van der Waals surface area contributed by atoms with E-state index in [2.05, 4.69) is 5.32 Å². The number of hydrogen-bond donors (Lipinski definition) is 2. The van der Waals surface area contributed by atoms with Gasteiger partial charge in [-0.1, -0.05) is 19.9 Å². The molecule has 18 heavy (non-hydrogen) atoms. The maximum Gasteiger partial charge on any atom is 0.125 e. The number of halogens is 1. The van der Waals surface area contributed by atoms with Crippen molar-refractivity contribution in [3.63, 3.8) is 0 Å². The molecule has 0 amide bonds. The second-order valence-electron chi connectivity index (χ2n) is 5.35. The lowest BCUT2D eigenvalue weighted by Crippen LogP contribution is -2.55. The van der Waals surface area contributed by atoms with E-state index in [0.29, 0.717) is 6.54 Å². The molecule has 1 rings (SSSR count). The first-order valence-corrected chi connectivity index (χ1v) is 6.21. The van der Waals surface area contributed by atoms with Crippen LogP contribution in [0.4, 0.5) is 10.1 Å². The summed E-state index contributed by atoms with van der Waals surface area (Å²) in [4.78, 5) is 1.94. The highest BCUT2D eigenvalue weighted by molar-refractivity contribution is 5.46. The number of anilines is 1. The van der Waals surface area contributed by atoms with Crippen LogP contribution in [0.5, 0.6) is 0 Å². The molecule has 0 aliphatic carbocycles. The summed E-state index contributed by atoms with van der Waals surface area (Å²) in [6, 6.07) is 6.74. The van der Waals surface area contributed by atoms with Crippen molar-refractivity contribution < 1.29 is 9.50 Å². The molecule has 0 fully saturated rings. The smallest absolute Gasteiger partial charge is 0.125 e. The Morgan fingerprint density at radius 1 is 1.44 bits per heavy atom. The van der Waals surface area contributed by atoms with Gasteiger partial charge >= 0.3 is 0 Å². The molecule has 1 unspecified atom stereocenters. The van der Waals surface area contributed by atoms with Gasteiger partial charge in [-0.3, -0.25) is 0 Å². The Hall–Kier alpha value is -1.13. The molecule has 1 aromatic rings. The predicted molar refractivity (Wildman–Crippen MR) is 73.4 cm³/mol. The highest BCUT2D eigenvalue weighted by Crippen LogP contribution is 2.17. The number of aliphatic hydroxyl groups is 1. The molecule has 1 atom stereocenters. The van der Waals surface area contributed by atoms with E-state index in [1.54, 1.807) is 6.07 Å². The van der Waals surface area contributed by atoms with Crippen molar-refractivity contribution in [1.82, 2.24) is 5.32 Å². The van der Waals surface area contributed by atoms with Crippen LogP contribution < -0.4 is 10.2 Å². The van der Waals surface area contributed by atoms with Gasteiger partial charge in [0.25, 0.3) is 0 Å². The lowest BCUT2D eigenvalue weighted by atomic mass is 10.0. The molecular weight excluding hydrogens is 231 g/mol. The van der Waals surface area contributed by atoms with Crippen LogP contribution in [0.2, 0.25) is 0 Å². The van der Waals surface area contributed by atoms with Crippen LogP contribution in [0.1, 0.15) is 20.8 Å². The first-order valence-electron chi connectivity index (χ1n) is 6.21. The van der Waals surface area contributed by atoms with Crippen LogP contribution in [-0.4, -0.2) is 36.9 Å². The van der Waals surface area contributed by atoms with Crippen molar-refractivity contribution in [3.05, 3.63) is 30.1 Å². The molecule has 102 valence electrons. The first-order chi connectivity index (χ1) is 8.36. The van der Waals surface area contributed by atoms with Crippen LogP contribution in [0.25, 0.3) is 0 Å². The van der Waals surface area contributed by atoms with Crippen molar-refractivity contribution >= 4 is 5.69 Å². The largest absolute Gasteiger partial charge is 0.394 e. The Labute approximate surface area is 109 Å². The van der Waals surface area contributed by atoms with Gasteiger partial charge in [-0.15, -0.1) is 0 Å². The molecule has 3 nitrogen and oxygen atoms in total. The van der Waals surface area contributed by atoms with Crippen LogP contribution >= 0.6 is 0 Å². The van der Waals surface area contributed by atoms with Crippen LogP contribution in [0.3, 0.4) is 0 Å².